The third-order valence-corrected chi connectivity index (χ3v) is 5.74. The van der Waals surface area contributed by atoms with E-state index in [4.69, 9.17) is 0 Å². The number of hydrogen-bond donors (Lipinski definition) is 3. The lowest BCUT2D eigenvalue weighted by Crippen LogP contribution is -2.50. The van der Waals surface area contributed by atoms with Crippen molar-refractivity contribution in [2.45, 2.75) is 40.2 Å². The van der Waals surface area contributed by atoms with Crippen LogP contribution in [-0.2, 0) is 0 Å². The number of aromatic nitrogens is 4. The molecule has 3 heterocycles. The molecule has 1 unspecified atom stereocenters. The van der Waals surface area contributed by atoms with Crippen LogP contribution in [0.1, 0.15) is 41.9 Å². The predicted molar refractivity (Wildman–Crippen MR) is 126 cm³/mol. The summed E-state index contributed by atoms with van der Waals surface area (Å²) in [4.78, 5) is 24.1. The zero-order chi connectivity index (χ0) is 22.7. The smallest absolute Gasteiger partial charge is 0.269 e. The number of benzene rings is 1. The van der Waals surface area contributed by atoms with Crippen molar-refractivity contribution in [1.29, 1.82) is 0 Å². The molecular weight excluding hydrogens is 402 g/mol. The molecule has 1 amide bonds. The second-order valence-corrected chi connectivity index (χ2v) is 8.91. The lowest BCUT2D eigenvalue weighted by molar-refractivity contribution is 0.0878. The molecule has 4 rings (SSSR count). The molecular formula is C24H31N7O. The highest BCUT2D eigenvalue weighted by Crippen LogP contribution is 2.20. The van der Waals surface area contributed by atoms with Gasteiger partial charge in [0.2, 0.25) is 5.95 Å². The molecule has 0 saturated carbocycles. The monoisotopic (exact) mass is 433 g/mol. The minimum atomic E-state index is -0.148. The first kappa shape index (κ1) is 22.0. The predicted octanol–water partition coefficient (Wildman–Crippen LogP) is 3.69. The topological polar surface area (TPSA) is 98.8 Å². The molecule has 0 aliphatic carbocycles. The third-order valence-electron chi connectivity index (χ3n) is 5.74. The van der Waals surface area contributed by atoms with E-state index in [1.54, 1.807) is 18.3 Å². The number of rotatable bonds is 8. The summed E-state index contributed by atoms with van der Waals surface area (Å²) < 4.78 is 0. The molecule has 168 valence electrons. The lowest BCUT2D eigenvalue weighted by atomic mass is 10.0. The van der Waals surface area contributed by atoms with E-state index < -0.39 is 0 Å². The molecule has 0 spiro atoms. The van der Waals surface area contributed by atoms with Gasteiger partial charge in [0.1, 0.15) is 11.4 Å². The van der Waals surface area contributed by atoms with Crippen LogP contribution in [-0.4, -0.2) is 56.6 Å². The number of anilines is 2. The van der Waals surface area contributed by atoms with Gasteiger partial charge >= 0.3 is 0 Å². The van der Waals surface area contributed by atoms with E-state index in [-0.39, 0.29) is 11.9 Å². The van der Waals surface area contributed by atoms with E-state index in [2.05, 4.69) is 69.5 Å². The zero-order valence-corrected chi connectivity index (χ0v) is 19.1. The number of H-pyrrole nitrogens is 1. The highest BCUT2D eigenvalue weighted by Gasteiger charge is 2.24. The molecule has 1 aromatic carbocycles. The number of nitrogens with one attached hydrogen (secondary N) is 3. The first-order chi connectivity index (χ1) is 15.4. The maximum Gasteiger partial charge on any atom is 0.269 e. The molecule has 32 heavy (non-hydrogen) atoms. The number of carbonyl (C=O) groups is 1. The summed E-state index contributed by atoms with van der Waals surface area (Å²) in [6, 6.07) is 9.83. The molecule has 0 bridgehead atoms. The molecule has 8 heteroatoms. The largest absolute Gasteiger partial charge is 0.346 e. The Balaban J connectivity index is 1.45. The van der Waals surface area contributed by atoms with Crippen molar-refractivity contribution < 1.29 is 4.79 Å². The zero-order valence-electron chi connectivity index (χ0n) is 19.1. The minimum absolute atomic E-state index is 0.0992. The first-order valence-corrected chi connectivity index (χ1v) is 11.1. The number of hydrogen-bond acceptors (Lipinski definition) is 6. The Morgan fingerprint density at radius 2 is 1.88 bits per heavy atom. The third kappa shape index (κ3) is 5.31. The molecule has 1 atom stereocenters. The number of aryl methyl sites for hydroxylation is 2. The van der Waals surface area contributed by atoms with Crippen molar-refractivity contribution in [2.24, 2.45) is 5.92 Å². The Bertz CT molecular complexity index is 1070. The van der Waals surface area contributed by atoms with Crippen LogP contribution < -0.4 is 10.6 Å². The first-order valence-electron chi connectivity index (χ1n) is 11.1. The van der Waals surface area contributed by atoms with Crippen LogP contribution in [0, 0.1) is 19.8 Å². The molecule has 3 N–H and O–H groups in total. The van der Waals surface area contributed by atoms with Gasteiger partial charge in [-0.15, -0.1) is 0 Å². The lowest BCUT2D eigenvalue weighted by Gasteiger charge is -2.35. The average Bonchev–Trinajstić information content (AvgIpc) is 3.19. The van der Waals surface area contributed by atoms with E-state index in [0.717, 1.165) is 25.3 Å². The Morgan fingerprint density at radius 1 is 1.12 bits per heavy atom. The van der Waals surface area contributed by atoms with Gasteiger partial charge in [-0.2, -0.15) is 5.10 Å². The van der Waals surface area contributed by atoms with Crippen LogP contribution in [0.4, 0.5) is 11.6 Å². The van der Waals surface area contributed by atoms with Gasteiger partial charge < -0.3 is 15.5 Å². The molecule has 1 fully saturated rings. The van der Waals surface area contributed by atoms with E-state index in [9.17, 15) is 4.79 Å². The molecule has 1 aliphatic heterocycles. The molecule has 8 nitrogen and oxygen atoms in total. The minimum Gasteiger partial charge on any atom is -0.346 e. The molecule has 1 aliphatic rings. The summed E-state index contributed by atoms with van der Waals surface area (Å²) in [5.41, 5.74) is 4.94. The summed E-state index contributed by atoms with van der Waals surface area (Å²) in [6.07, 6.45) is 2.92. The van der Waals surface area contributed by atoms with Crippen LogP contribution in [0.15, 0.2) is 36.5 Å². The Labute approximate surface area is 188 Å². The number of likely N-dealkylation sites (tertiary alicyclic amines) is 1. The van der Waals surface area contributed by atoms with Gasteiger partial charge in [0.15, 0.2) is 0 Å². The summed E-state index contributed by atoms with van der Waals surface area (Å²) in [5, 5.41) is 13.6. The molecule has 0 radical (unpaired) electrons. The normalized spacial score (nSPS) is 14.8. The van der Waals surface area contributed by atoms with Crippen molar-refractivity contribution >= 4 is 17.5 Å². The average molecular weight is 434 g/mol. The van der Waals surface area contributed by atoms with Gasteiger partial charge in [-0.1, -0.05) is 19.9 Å². The number of amides is 1. The molecule has 1 saturated heterocycles. The maximum atomic E-state index is 12.8. The number of aromatic amines is 1. The Kier molecular flexibility index (Phi) is 6.50. The summed E-state index contributed by atoms with van der Waals surface area (Å²) in [7, 11) is 0. The van der Waals surface area contributed by atoms with Gasteiger partial charge in [-0.3, -0.25) is 9.89 Å². The van der Waals surface area contributed by atoms with Gasteiger partial charge in [0.05, 0.1) is 5.69 Å². The van der Waals surface area contributed by atoms with Crippen LogP contribution in [0.5, 0.6) is 0 Å². The van der Waals surface area contributed by atoms with Gasteiger partial charge in [0.25, 0.3) is 5.91 Å². The second-order valence-electron chi connectivity index (χ2n) is 8.91. The van der Waals surface area contributed by atoms with Crippen molar-refractivity contribution in [2.75, 3.05) is 25.0 Å². The van der Waals surface area contributed by atoms with Crippen molar-refractivity contribution in [1.82, 2.24) is 30.4 Å². The van der Waals surface area contributed by atoms with Crippen LogP contribution in [0.3, 0.4) is 0 Å². The van der Waals surface area contributed by atoms with Crippen LogP contribution in [0.2, 0.25) is 0 Å². The summed E-state index contributed by atoms with van der Waals surface area (Å²) >= 11 is 0. The summed E-state index contributed by atoms with van der Waals surface area (Å²) in [5.74, 6) is 0.684. The Hall–Kier alpha value is -3.26. The standard InChI is InChI=1S/C24H31N7O/c1-15(2)22(14-31-8-5-9-31)27-23(32)21-13-20(29-30-21)19-6-7-25-24(28-19)26-18-11-16(3)10-17(4)12-18/h6-7,10-13,15,22H,5,8-9,14H2,1-4H3,(H,27,32)(H,29,30)(H,25,26,28). The van der Waals surface area contributed by atoms with Crippen molar-refractivity contribution in [3.05, 3.63) is 53.3 Å². The van der Waals surface area contributed by atoms with Crippen LogP contribution >= 0.6 is 0 Å². The van der Waals surface area contributed by atoms with Crippen molar-refractivity contribution in [3.8, 4) is 11.4 Å². The molecule has 2 aromatic heterocycles. The second kappa shape index (κ2) is 9.48. The maximum absolute atomic E-state index is 12.8. The Morgan fingerprint density at radius 3 is 2.53 bits per heavy atom. The van der Waals surface area contributed by atoms with Gasteiger partial charge in [-0.05, 0) is 74.7 Å². The quantitative estimate of drug-likeness (QED) is 0.501. The van der Waals surface area contributed by atoms with Crippen LogP contribution in [0.25, 0.3) is 11.4 Å². The van der Waals surface area contributed by atoms with Gasteiger partial charge in [-0.25, -0.2) is 9.97 Å². The van der Waals surface area contributed by atoms with E-state index >= 15 is 0 Å². The fraction of sp³-hybridized carbons (Fsp3) is 0.417. The number of carbonyl (C=O) groups excluding carboxylic acids is 1. The highest BCUT2D eigenvalue weighted by atomic mass is 16.2. The highest BCUT2D eigenvalue weighted by molar-refractivity contribution is 5.93. The van der Waals surface area contributed by atoms with E-state index in [1.165, 1.54) is 17.5 Å². The summed E-state index contributed by atoms with van der Waals surface area (Å²) in [6.45, 7) is 11.5. The van der Waals surface area contributed by atoms with Gasteiger partial charge in [0, 0.05) is 24.5 Å². The fourth-order valence-corrected chi connectivity index (χ4v) is 3.82. The number of nitrogens with zero attached hydrogens (tertiary/aromatic N) is 4. The van der Waals surface area contributed by atoms with Crippen molar-refractivity contribution in [3.63, 3.8) is 0 Å². The SMILES string of the molecule is Cc1cc(C)cc(Nc2nccc(-c3cc(C(=O)NC(CN4CCC4)C(C)C)[nH]n3)n2)c1. The van der Waals surface area contributed by atoms with E-state index in [1.807, 2.05) is 12.1 Å². The van der Waals surface area contributed by atoms with E-state index in [0.29, 0.717) is 28.9 Å². The fourth-order valence-electron chi connectivity index (χ4n) is 3.82. The molecule has 3 aromatic rings.